The van der Waals surface area contributed by atoms with Gasteiger partial charge < -0.3 is 15.4 Å². The Morgan fingerprint density at radius 3 is 2.48 bits per heavy atom. The zero-order valence-electron chi connectivity index (χ0n) is 11.7. The molecule has 2 heterocycles. The van der Waals surface area contributed by atoms with Gasteiger partial charge in [0.25, 0.3) is 5.89 Å². The summed E-state index contributed by atoms with van der Waals surface area (Å²) in [6.45, 7) is 3.65. The van der Waals surface area contributed by atoms with E-state index in [-0.39, 0.29) is 5.75 Å². The molecule has 2 aromatic heterocycles. The maximum absolute atomic E-state index is 9.80. The Morgan fingerprint density at radius 1 is 1.10 bits per heavy atom. The molecule has 0 radical (unpaired) electrons. The van der Waals surface area contributed by atoms with Gasteiger partial charge in [-0.2, -0.15) is 4.98 Å². The molecule has 21 heavy (non-hydrogen) atoms. The number of hydrogen-bond donors (Lipinski definition) is 2. The normalized spacial score (nSPS) is 10.8. The maximum atomic E-state index is 9.80. The molecule has 0 amide bonds. The van der Waals surface area contributed by atoms with Crippen LogP contribution in [0.1, 0.15) is 11.1 Å². The van der Waals surface area contributed by atoms with E-state index in [4.69, 9.17) is 10.3 Å². The van der Waals surface area contributed by atoms with Crippen molar-refractivity contribution in [3.63, 3.8) is 0 Å². The minimum atomic E-state index is 0.278. The Kier molecular flexibility index (Phi) is 3.06. The van der Waals surface area contributed by atoms with Gasteiger partial charge >= 0.3 is 0 Å². The SMILES string of the molecule is Cc1cc(-c2noc(-c3cccc(N)n3)n2)cc(C)c1O. The number of phenols is 1. The second-order valence-corrected chi connectivity index (χ2v) is 4.83. The van der Waals surface area contributed by atoms with Crippen molar-refractivity contribution in [1.29, 1.82) is 0 Å². The summed E-state index contributed by atoms with van der Waals surface area (Å²) in [5.74, 6) is 1.42. The van der Waals surface area contributed by atoms with Crippen LogP contribution in [0.5, 0.6) is 5.75 Å². The standard InChI is InChI=1S/C15H14N4O2/c1-8-6-10(7-9(2)13(8)20)14-18-15(21-19-14)11-4-3-5-12(16)17-11/h3-7,20H,1-2H3,(H2,16,17). The van der Waals surface area contributed by atoms with Gasteiger partial charge in [0.05, 0.1) is 0 Å². The summed E-state index contributed by atoms with van der Waals surface area (Å²) in [6, 6.07) is 8.83. The molecule has 0 aliphatic rings. The van der Waals surface area contributed by atoms with Crippen molar-refractivity contribution in [3.8, 4) is 28.7 Å². The summed E-state index contributed by atoms with van der Waals surface area (Å²) in [4.78, 5) is 8.47. The fourth-order valence-electron chi connectivity index (χ4n) is 2.10. The molecule has 0 bridgehead atoms. The summed E-state index contributed by atoms with van der Waals surface area (Å²) >= 11 is 0. The Labute approximate surface area is 121 Å². The van der Waals surface area contributed by atoms with Gasteiger partial charge in [-0.05, 0) is 49.2 Å². The van der Waals surface area contributed by atoms with Gasteiger partial charge in [-0.15, -0.1) is 0 Å². The first-order chi connectivity index (χ1) is 10.0. The first-order valence-corrected chi connectivity index (χ1v) is 6.42. The fraction of sp³-hybridized carbons (Fsp3) is 0.133. The highest BCUT2D eigenvalue weighted by molar-refractivity contribution is 5.62. The van der Waals surface area contributed by atoms with E-state index in [2.05, 4.69) is 15.1 Å². The van der Waals surface area contributed by atoms with Gasteiger partial charge in [0, 0.05) is 5.56 Å². The second kappa shape index (κ2) is 4.90. The van der Waals surface area contributed by atoms with Crippen molar-refractivity contribution in [1.82, 2.24) is 15.1 Å². The summed E-state index contributed by atoms with van der Waals surface area (Å²) < 4.78 is 5.23. The molecule has 0 saturated heterocycles. The third kappa shape index (κ3) is 2.43. The summed E-state index contributed by atoms with van der Waals surface area (Å²) in [5.41, 5.74) is 8.47. The highest BCUT2D eigenvalue weighted by Crippen LogP contribution is 2.28. The lowest BCUT2D eigenvalue weighted by atomic mass is 10.1. The molecule has 106 valence electrons. The van der Waals surface area contributed by atoms with Crippen LogP contribution in [0, 0.1) is 13.8 Å². The van der Waals surface area contributed by atoms with E-state index in [0.29, 0.717) is 23.2 Å². The number of nitrogens with two attached hydrogens (primary N) is 1. The van der Waals surface area contributed by atoms with Crippen LogP contribution in [0.4, 0.5) is 5.82 Å². The maximum Gasteiger partial charge on any atom is 0.276 e. The zero-order valence-corrected chi connectivity index (χ0v) is 11.7. The van der Waals surface area contributed by atoms with E-state index in [9.17, 15) is 5.11 Å². The van der Waals surface area contributed by atoms with Gasteiger partial charge in [0.1, 0.15) is 17.3 Å². The number of nitrogens with zero attached hydrogens (tertiary/aromatic N) is 3. The molecule has 3 N–H and O–H groups in total. The number of pyridine rings is 1. The van der Waals surface area contributed by atoms with Gasteiger partial charge in [-0.3, -0.25) is 0 Å². The molecule has 1 aromatic carbocycles. The predicted molar refractivity (Wildman–Crippen MR) is 78.5 cm³/mol. The van der Waals surface area contributed by atoms with Crippen molar-refractivity contribution in [2.24, 2.45) is 0 Å². The van der Waals surface area contributed by atoms with E-state index in [1.54, 1.807) is 18.2 Å². The Morgan fingerprint density at radius 2 is 1.81 bits per heavy atom. The van der Waals surface area contributed by atoms with Crippen molar-refractivity contribution >= 4 is 5.82 Å². The Hall–Kier alpha value is -2.89. The van der Waals surface area contributed by atoms with Crippen molar-refractivity contribution < 1.29 is 9.63 Å². The molecule has 0 fully saturated rings. The average molecular weight is 282 g/mol. The van der Waals surface area contributed by atoms with Crippen molar-refractivity contribution in [2.45, 2.75) is 13.8 Å². The van der Waals surface area contributed by atoms with Crippen LogP contribution in [-0.4, -0.2) is 20.2 Å². The first-order valence-electron chi connectivity index (χ1n) is 6.42. The Bertz CT molecular complexity index is 788. The second-order valence-electron chi connectivity index (χ2n) is 4.83. The van der Waals surface area contributed by atoms with E-state index in [0.717, 1.165) is 16.7 Å². The van der Waals surface area contributed by atoms with E-state index < -0.39 is 0 Å². The largest absolute Gasteiger partial charge is 0.507 e. The van der Waals surface area contributed by atoms with Gasteiger partial charge in [-0.25, -0.2) is 4.98 Å². The van der Waals surface area contributed by atoms with E-state index >= 15 is 0 Å². The third-order valence-corrected chi connectivity index (χ3v) is 3.17. The topological polar surface area (TPSA) is 98.1 Å². The number of aromatic hydroxyl groups is 1. The monoisotopic (exact) mass is 282 g/mol. The predicted octanol–water partition coefficient (Wildman–Crippen LogP) is 2.70. The van der Waals surface area contributed by atoms with Crippen LogP contribution in [0.25, 0.3) is 23.0 Å². The summed E-state index contributed by atoms with van der Waals surface area (Å²) in [7, 11) is 0. The Balaban J connectivity index is 2.02. The molecular weight excluding hydrogens is 268 g/mol. The van der Waals surface area contributed by atoms with Crippen LogP contribution >= 0.6 is 0 Å². The summed E-state index contributed by atoms with van der Waals surface area (Å²) in [6.07, 6.45) is 0. The number of benzene rings is 1. The van der Waals surface area contributed by atoms with Crippen molar-refractivity contribution in [2.75, 3.05) is 5.73 Å². The average Bonchev–Trinajstić information content (AvgIpc) is 2.94. The van der Waals surface area contributed by atoms with Crippen LogP contribution in [0.3, 0.4) is 0 Å². The molecule has 3 aromatic rings. The van der Waals surface area contributed by atoms with Crippen LogP contribution in [0.15, 0.2) is 34.9 Å². The molecule has 0 saturated carbocycles. The van der Waals surface area contributed by atoms with Crippen LogP contribution in [0.2, 0.25) is 0 Å². The number of aryl methyl sites for hydroxylation is 2. The molecule has 0 spiro atoms. The quantitative estimate of drug-likeness (QED) is 0.750. The number of rotatable bonds is 2. The highest BCUT2D eigenvalue weighted by Gasteiger charge is 2.13. The number of anilines is 1. The molecule has 6 nitrogen and oxygen atoms in total. The highest BCUT2D eigenvalue weighted by atomic mass is 16.5. The number of aromatic nitrogens is 3. The molecule has 3 rings (SSSR count). The first kappa shape index (κ1) is 13.1. The van der Waals surface area contributed by atoms with Gasteiger partial charge in [-0.1, -0.05) is 11.2 Å². The molecular formula is C15H14N4O2. The minimum absolute atomic E-state index is 0.278. The zero-order chi connectivity index (χ0) is 15.0. The lowest BCUT2D eigenvalue weighted by Crippen LogP contribution is -1.91. The lowest BCUT2D eigenvalue weighted by Gasteiger charge is -2.04. The third-order valence-electron chi connectivity index (χ3n) is 3.17. The molecule has 0 aliphatic carbocycles. The van der Waals surface area contributed by atoms with Gasteiger partial charge in [0.2, 0.25) is 5.82 Å². The smallest absolute Gasteiger partial charge is 0.276 e. The van der Waals surface area contributed by atoms with E-state index in [1.165, 1.54) is 0 Å². The lowest BCUT2D eigenvalue weighted by molar-refractivity contribution is 0.431. The number of phenolic OH excluding ortho intramolecular Hbond substituents is 1. The van der Waals surface area contributed by atoms with Crippen molar-refractivity contribution in [3.05, 3.63) is 41.5 Å². The van der Waals surface area contributed by atoms with Crippen LogP contribution in [-0.2, 0) is 0 Å². The molecule has 0 unspecified atom stereocenters. The van der Waals surface area contributed by atoms with Gasteiger partial charge in [0.15, 0.2) is 0 Å². The molecule has 6 heteroatoms. The summed E-state index contributed by atoms with van der Waals surface area (Å²) in [5, 5.41) is 13.8. The molecule has 0 atom stereocenters. The van der Waals surface area contributed by atoms with E-state index in [1.807, 2.05) is 26.0 Å². The number of hydrogen-bond acceptors (Lipinski definition) is 6. The molecule has 0 aliphatic heterocycles. The van der Waals surface area contributed by atoms with Crippen LogP contribution < -0.4 is 5.73 Å². The fourth-order valence-corrected chi connectivity index (χ4v) is 2.10. The number of nitrogen functional groups attached to an aromatic ring is 1. The minimum Gasteiger partial charge on any atom is -0.507 e.